The lowest BCUT2D eigenvalue weighted by molar-refractivity contribution is 0.0677. The molecule has 1 aliphatic heterocycles. The van der Waals surface area contributed by atoms with Gasteiger partial charge >= 0.3 is 0 Å². The van der Waals surface area contributed by atoms with Gasteiger partial charge in [0.25, 0.3) is 0 Å². The van der Waals surface area contributed by atoms with Crippen molar-refractivity contribution in [3.05, 3.63) is 0 Å². The average molecular weight is 141 g/mol. The number of rotatable bonds is 1. The van der Waals surface area contributed by atoms with Crippen LogP contribution in [0.15, 0.2) is 0 Å². The Morgan fingerprint density at radius 2 is 2.20 bits per heavy atom. The lowest BCUT2D eigenvalue weighted by Gasteiger charge is -2.26. The fraction of sp³-hybridized carbons (Fsp3) is 1.00. The Balaban J connectivity index is 1.91. The maximum atomic E-state index is 9.71. The largest absolute Gasteiger partial charge is 0.390 e. The molecule has 0 spiro atoms. The van der Waals surface area contributed by atoms with E-state index < -0.39 is 0 Å². The van der Waals surface area contributed by atoms with Crippen molar-refractivity contribution in [2.45, 2.75) is 31.3 Å². The third-order valence-electron chi connectivity index (χ3n) is 2.82. The van der Waals surface area contributed by atoms with Gasteiger partial charge in [-0.05, 0) is 32.2 Å². The Labute approximate surface area is 61.6 Å². The van der Waals surface area contributed by atoms with Gasteiger partial charge in [0, 0.05) is 12.5 Å². The molecule has 1 saturated carbocycles. The molecule has 2 N–H and O–H groups in total. The van der Waals surface area contributed by atoms with Crippen molar-refractivity contribution in [1.82, 2.24) is 5.32 Å². The third-order valence-corrected chi connectivity index (χ3v) is 2.82. The molecule has 0 unspecified atom stereocenters. The van der Waals surface area contributed by atoms with Crippen LogP contribution in [-0.2, 0) is 0 Å². The molecule has 1 aliphatic carbocycles. The van der Waals surface area contributed by atoms with E-state index in [4.69, 9.17) is 0 Å². The van der Waals surface area contributed by atoms with Crippen molar-refractivity contribution in [1.29, 1.82) is 0 Å². The Bertz CT molecular complexity index is 125. The molecule has 1 saturated heterocycles. The Morgan fingerprint density at radius 3 is 2.70 bits per heavy atom. The molecule has 1 atom stereocenters. The quantitative estimate of drug-likeness (QED) is 0.557. The van der Waals surface area contributed by atoms with E-state index in [0.717, 1.165) is 25.9 Å². The summed E-state index contributed by atoms with van der Waals surface area (Å²) in [4.78, 5) is 0. The highest BCUT2D eigenvalue weighted by molar-refractivity contribution is 5.00. The predicted octanol–water partition coefficient (Wildman–Crippen LogP) is 0.511. The van der Waals surface area contributed by atoms with E-state index >= 15 is 0 Å². The highest BCUT2D eigenvalue weighted by Crippen LogP contribution is 2.44. The van der Waals surface area contributed by atoms with Gasteiger partial charge in [0.2, 0.25) is 0 Å². The SMILES string of the molecule is OC1([C@@H]2CCCNC2)CC1. The smallest absolute Gasteiger partial charge is 0.0690 e. The molecule has 10 heavy (non-hydrogen) atoms. The molecule has 58 valence electrons. The summed E-state index contributed by atoms with van der Waals surface area (Å²) < 4.78 is 0. The van der Waals surface area contributed by atoms with E-state index in [0.29, 0.717) is 5.92 Å². The predicted molar refractivity (Wildman–Crippen MR) is 39.8 cm³/mol. The van der Waals surface area contributed by atoms with Crippen molar-refractivity contribution < 1.29 is 5.11 Å². The Hall–Kier alpha value is -0.0800. The lowest BCUT2D eigenvalue weighted by atomic mass is 9.92. The van der Waals surface area contributed by atoms with Crippen molar-refractivity contribution in [3.8, 4) is 0 Å². The monoisotopic (exact) mass is 141 g/mol. The summed E-state index contributed by atoms with van der Waals surface area (Å²) in [6.45, 7) is 2.18. The number of hydrogen-bond acceptors (Lipinski definition) is 2. The molecule has 0 aromatic rings. The van der Waals surface area contributed by atoms with E-state index in [-0.39, 0.29) is 5.60 Å². The van der Waals surface area contributed by atoms with Gasteiger partial charge in [0.05, 0.1) is 5.60 Å². The fourth-order valence-corrected chi connectivity index (χ4v) is 1.85. The number of hydrogen-bond donors (Lipinski definition) is 2. The maximum absolute atomic E-state index is 9.71. The normalized spacial score (nSPS) is 37.5. The molecule has 0 bridgehead atoms. The van der Waals surface area contributed by atoms with Crippen LogP contribution in [0.1, 0.15) is 25.7 Å². The molecule has 0 aromatic carbocycles. The Kier molecular flexibility index (Phi) is 1.46. The zero-order chi connectivity index (χ0) is 7.03. The van der Waals surface area contributed by atoms with E-state index in [1.807, 2.05) is 0 Å². The summed E-state index contributed by atoms with van der Waals surface area (Å²) >= 11 is 0. The standard InChI is InChI=1S/C8H15NO/c10-8(3-4-8)7-2-1-5-9-6-7/h7,9-10H,1-6H2/t7-/m1/s1. The van der Waals surface area contributed by atoms with Gasteiger partial charge in [0.1, 0.15) is 0 Å². The van der Waals surface area contributed by atoms with Crippen LogP contribution in [0.25, 0.3) is 0 Å². The molecule has 2 aliphatic rings. The first kappa shape index (κ1) is 6.62. The van der Waals surface area contributed by atoms with Crippen molar-refractivity contribution in [2.24, 2.45) is 5.92 Å². The van der Waals surface area contributed by atoms with Gasteiger partial charge in [-0.15, -0.1) is 0 Å². The van der Waals surface area contributed by atoms with Crippen LogP contribution in [0, 0.1) is 5.92 Å². The van der Waals surface area contributed by atoms with E-state index in [1.54, 1.807) is 0 Å². The van der Waals surface area contributed by atoms with Crippen LogP contribution in [-0.4, -0.2) is 23.8 Å². The summed E-state index contributed by atoms with van der Waals surface area (Å²) in [6.07, 6.45) is 4.55. The van der Waals surface area contributed by atoms with Crippen LogP contribution in [0.4, 0.5) is 0 Å². The lowest BCUT2D eigenvalue weighted by Crippen LogP contribution is -2.37. The molecule has 2 heteroatoms. The van der Waals surface area contributed by atoms with Crippen molar-refractivity contribution >= 4 is 0 Å². The molecule has 2 nitrogen and oxygen atoms in total. The van der Waals surface area contributed by atoms with Crippen LogP contribution < -0.4 is 5.32 Å². The number of piperidine rings is 1. The molecule has 0 radical (unpaired) electrons. The van der Waals surface area contributed by atoms with E-state index in [2.05, 4.69) is 5.32 Å². The average Bonchev–Trinajstić information content (AvgIpc) is 2.72. The molecule has 2 rings (SSSR count). The van der Waals surface area contributed by atoms with Gasteiger partial charge in [0.15, 0.2) is 0 Å². The molecule has 1 heterocycles. The zero-order valence-corrected chi connectivity index (χ0v) is 6.27. The zero-order valence-electron chi connectivity index (χ0n) is 6.27. The third kappa shape index (κ3) is 1.06. The summed E-state index contributed by atoms with van der Waals surface area (Å²) in [5.41, 5.74) is -0.243. The minimum absolute atomic E-state index is 0.243. The molecular weight excluding hydrogens is 126 g/mol. The first-order valence-electron chi connectivity index (χ1n) is 4.24. The first-order valence-corrected chi connectivity index (χ1v) is 4.24. The first-order chi connectivity index (χ1) is 4.81. The van der Waals surface area contributed by atoms with Crippen molar-refractivity contribution in [2.75, 3.05) is 13.1 Å². The second-order valence-corrected chi connectivity index (χ2v) is 3.65. The summed E-state index contributed by atoms with van der Waals surface area (Å²) in [7, 11) is 0. The highest BCUT2D eigenvalue weighted by Gasteiger charge is 2.47. The second-order valence-electron chi connectivity index (χ2n) is 3.65. The van der Waals surface area contributed by atoms with Crippen LogP contribution >= 0.6 is 0 Å². The molecule has 0 amide bonds. The Morgan fingerprint density at radius 1 is 1.40 bits per heavy atom. The summed E-state index contributed by atoms with van der Waals surface area (Å²) in [5.74, 6) is 0.557. The minimum Gasteiger partial charge on any atom is -0.390 e. The molecule has 2 fully saturated rings. The summed E-state index contributed by atoms with van der Waals surface area (Å²) in [6, 6.07) is 0. The van der Waals surface area contributed by atoms with Gasteiger partial charge < -0.3 is 10.4 Å². The highest BCUT2D eigenvalue weighted by atomic mass is 16.3. The second kappa shape index (κ2) is 2.21. The number of nitrogens with one attached hydrogen (secondary N) is 1. The van der Waals surface area contributed by atoms with Gasteiger partial charge in [-0.25, -0.2) is 0 Å². The van der Waals surface area contributed by atoms with E-state index in [1.165, 1.54) is 12.8 Å². The van der Waals surface area contributed by atoms with Crippen LogP contribution in [0.2, 0.25) is 0 Å². The van der Waals surface area contributed by atoms with Crippen LogP contribution in [0.3, 0.4) is 0 Å². The minimum atomic E-state index is -0.243. The van der Waals surface area contributed by atoms with Crippen LogP contribution in [0.5, 0.6) is 0 Å². The topological polar surface area (TPSA) is 32.3 Å². The van der Waals surface area contributed by atoms with E-state index in [9.17, 15) is 5.11 Å². The van der Waals surface area contributed by atoms with Crippen molar-refractivity contribution in [3.63, 3.8) is 0 Å². The molecular formula is C8H15NO. The number of aliphatic hydroxyl groups is 1. The summed E-state index contributed by atoms with van der Waals surface area (Å²) in [5, 5.41) is 13.0. The van der Waals surface area contributed by atoms with Gasteiger partial charge in [-0.3, -0.25) is 0 Å². The van der Waals surface area contributed by atoms with Gasteiger partial charge in [-0.2, -0.15) is 0 Å². The maximum Gasteiger partial charge on any atom is 0.0690 e. The molecule has 0 aromatic heterocycles. The fourth-order valence-electron chi connectivity index (χ4n) is 1.85. The van der Waals surface area contributed by atoms with Gasteiger partial charge in [-0.1, -0.05) is 0 Å².